The fourth-order valence-corrected chi connectivity index (χ4v) is 6.54. The van der Waals surface area contributed by atoms with E-state index in [0.717, 1.165) is 0 Å². The number of nitrogens with one attached hydrogen (secondary N) is 3. The number of carbonyl (C=O) groups excluding carboxylic acids is 2. The highest BCUT2D eigenvalue weighted by molar-refractivity contribution is 8.10. The number of ether oxygens (including phenoxy) is 3. The molecule has 0 radical (unpaired) electrons. The van der Waals surface area contributed by atoms with Gasteiger partial charge in [-0.05, 0) is 53.3 Å². The number of nitrogens with zero attached hydrogens (tertiary/aromatic N) is 1. The molecule has 19 heteroatoms. The predicted octanol–water partition coefficient (Wildman–Crippen LogP) is 1.17. The van der Waals surface area contributed by atoms with Crippen LogP contribution in [0.5, 0.6) is 0 Å². The van der Waals surface area contributed by atoms with Crippen molar-refractivity contribution in [3.63, 3.8) is 0 Å². The molecule has 13 nitrogen and oxygen atoms in total. The van der Waals surface area contributed by atoms with Crippen LogP contribution in [0.25, 0.3) is 0 Å². The summed E-state index contributed by atoms with van der Waals surface area (Å²) in [7, 11) is 0. The maximum atomic E-state index is 15.1. The number of aromatic amines is 1. The molecule has 2 rings (SSSR count). The van der Waals surface area contributed by atoms with Gasteiger partial charge in [0.05, 0.1) is 18.8 Å². The summed E-state index contributed by atoms with van der Waals surface area (Å²) in [5, 5.41) is 15.5. The molecule has 2 heterocycles. The van der Waals surface area contributed by atoms with E-state index in [4.69, 9.17) is 30.5 Å². The Morgan fingerprint density at radius 2 is 1.59 bits per heavy atom. The topological polar surface area (TPSA) is 170 Å². The molecule has 0 aromatic carbocycles. The number of aliphatic hydroxyl groups is 1. The number of carbonyl (C=O) groups is 2. The Labute approximate surface area is 237 Å². The fraction of sp³-hybridized carbons (Fsp3) is 0.727. The zero-order valence-electron chi connectivity index (χ0n) is 22.9. The van der Waals surface area contributed by atoms with E-state index in [1.165, 1.54) is 13.8 Å². The Morgan fingerprint density at radius 1 is 1.10 bits per heavy atom. The van der Waals surface area contributed by atoms with Crippen molar-refractivity contribution in [1.82, 2.24) is 19.7 Å². The zero-order valence-corrected chi connectivity index (χ0v) is 24.6. The second-order valence-electron chi connectivity index (χ2n) is 9.82. The molecule has 5 atom stereocenters. The number of aromatic nitrogens is 2. The first-order valence-corrected chi connectivity index (χ1v) is 15.0. The van der Waals surface area contributed by atoms with Gasteiger partial charge in [-0.1, -0.05) is 0 Å². The molecule has 1 aliphatic rings. The van der Waals surface area contributed by atoms with Gasteiger partial charge in [0.2, 0.25) is 6.23 Å². The first kappa shape index (κ1) is 35.0. The minimum absolute atomic E-state index is 0.134. The quantitative estimate of drug-likeness (QED) is 0.139. The van der Waals surface area contributed by atoms with Crippen LogP contribution in [0.2, 0.25) is 0 Å². The van der Waals surface area contributed by atoms with Gasteiger partial charge in [0.15, 0.2) is 18.3 Å². The Morgan fingerprint density at radius 3 is 2.00 bits per heavy atom. The third-order valence-electron chi connectivity index (χ3n) is 5.57. The van der Waals surface area contributed by atoms with Crippen LogP contribution in [0.4, 0.5) is 17.6 Å². The van der Waals surface area contributed by atoms with Crippen LogP contribution in [-0.4, -0.2) is 81.5 Å². The number of halogens is 4. The van der Waals surface area contributed by atoms with E-state index >= 15 is 8.78 Å². The van der Waals surface area contributed by atoms with Crippen LogP contribution in [0.1, 0.15) is 47.8 Å². The highest BCUT2D eigenvalue weighted by atomic mass is 32.4. The molecule has 1 fully saturated rings. The summed E-state index contributed by atoms with van der Waals surface area (Å²) >= 11 is 5.43. The number of alkyl halides is 4. The van der Waals surface area contributed by atoms with Crippen molar-refractivity contribution in [2.24, 2.45) is 0 Å². The average molecular weight is 637 g/mol. The van der Waals surface area contributed by atoms with Crippen LogP contribution in [0, 0.1) is 0 Å². The number of H-pyrrole nitrogens is 1. The van der Waals surface area contributed by atoms with Crippen molar-refractivity contribution >= 4 is 30.3 Å². The van der Waals surface area contributed by atoms with Crippen molar-refractivity contribution in [2.45, 2.75) is 96.1 Å². The van der Waals surface area contributed by atoms with Crippen molar-refractivity contribution in [2.75, 3.05) is 6.61 Å². The van der Waals surface area contributed by atoms with Crippen molar-refractivity contribution in [3.05, 3.63) is 33.1 Å². The second-order valence-corrected chi connectivity index (χ2v) is 13.2. The summed E-state index contributed by atoms with van der Waals surface area (Å²) in [6.07, 6.45) is -10.4. The Balaban J connectivity index is 2.45. The summed E-state index contributed by atoms with van der Waals surface area (Å²) in [4.78, 5) is 49.9. The van der Waals surface area contributed by atoms with Gasteiger partial charge in [0, 0.05) is 12.3 Å². The maximum absolute atomic E-state index is 15.1. The molecule has 0 amide bonds. The summed E-state index contributed by atoms with van der Waals surface area (Å²) in [6.45, 7) is 3.36. The molecule has 1 saturated heterocycles. The van der Waals surface area contributed by atoms with Gasteiger partial charge in [-0.25, -0.2) is 23.7 Å². The van der Waals surface area contributed by atoms with Crippen LogP contribution in [0.15, 0.2) is 21.9 Å². The van der Waals surface area contributed by atoms with Gasteiger partial charge >= 0.3 is 23.6 Å². The molecule has 0 aliphatic carbocycles. The Bertz CT molecular complexity index is 1230. The molecule has 0 saturated carbocycles. The van der Waals surface area contributed by atoms with Gasteiger partial charge in [-0.15, -0.1) is 0 Å². The van der Waals surface area contributed by atoms with Crippen LogP contribution in [0.3, 0.4) is 0 Å². The number of esters is 2. The van der Waals surface area contributed by atoms with Crippen LogP contribution < -0.4 is 21.4 Å². The van der Waals surface area contributed by atoms with Gasteiger partial charge in [-0.3, -0.25) is 23.9 Å². The van der Waals surface area contributed by atoms with E-state index in [-0.39, 0.29) is 4.57 Å². The first-order valence-electron chi connectivity index (χ1n) is 12.3. The minimum atomic E-state index is -4.49. The van der Waals surface area contributed by atoms with Gasteiger partial charge in [-0.2, -0.15) is 8.78 Å². The van der Waals surface area contributed by atoms with E-state index < -0.39 is 90.9 Å². The molecular formula is C22H33F4N4O9PS. The molecule has 1 aliphatic heterocycles. The van der Waals surface area contributed by atoms with E-state index in [2.05, 4.69) is 10.2 Å². The Hall–Kier alpha value is -2.21. The highest BCUT2D eigenvalue weighted by Crippen LogP contribution is 2.52. The molecule has 4 N–H and O–H groups in total. The molecule has 41 heavy (non-hydrogen) atoms. The molecule has 1 aromatic heterocycles. The predicted molar refractivity (Wildman–Crippen MR) is 139 cm³/mol. The maximum Gasteiger partial charge on any atom is 0.330 e. The summed E-state index contributed by atoms with van der Waals surface area (Å²) in [5.41, 5.74) is -5.83. The number of hydrogen-bond donors (Lipinski definition) is 4. The summed E-state index contributed by atoms with van der Waals surface area (Å²) in [5.74, 6) is -6.16. The lowest BCUT2D eigenvalue weighted by Gasteiger charge is -2.35. The summed E-state index contributed by atoms with van der Waals surface area (Å²) in [6, 6.07) is -1.81. The lowest BCUT2D eigenvalue weighted by Crippen LogP contribution is -2.55. The SMILES string of the molecule is CC(C)OC(=O)C(C)NP(=S)(NC(C)C(=O)OC(C)C)OCC1(C(F)F)OC(n2ccc(=O)[nH]c2=O)C(F)(F)C1O. The third kappa shape index (κ3) is 8.21. The molecule has 0 spiro atoms. The normalized spacial score (nSPS) is 25.2. The lowest BCUT2D eigenvalue weighted by molar-refractivity contribution is -0.191. The molecule has 0 bridgehead atoms. The van der Waals surface area contributed by atoms with Crippen molar-refractivity contribution in [1.29, 1.82) is 0 Å². The average Bonchev–Trinajstić information content (AvgIpc) is 3.03. The largest absolute Gasteiger partial charge is 0.462 e. The Kier molecular flexibility index (Phi) is 11.4. The van der Waals surface area contributed by atoms with E-state index in [0.29, 0.717) is 12.3 Å². The number of aliphatic hydroxyl groups excluding tert-OH is 1. The van der Waals surface area contributed by atoms with Crippen molar-refractivity contribution < 1.29 is 51.0 Å². The number of hydrogen-bond acceptors (Lipinski definition) is 10. The fourth-order valence-electron chi connectivity index (χ4n) is 3.60. The van der Waals surface area contributed by atoms with E-state index in [9.17, 15) is 33.1 Å². The third-order valence-corrected chi connectivity index (χ3v) is 8.47. The molecule has 234 valence electrons. The molecule has 1 aromatic rings. The second kappa shape index (κ2) is 13.4. The van der Waals surface area contributed by atoms with Gasteiger partial charge in [0.25, 0.3) is 12.0 Å². The monoisotopic (exact) mass is 636 g/mol. The minimum Gasteiger partial charge on any atom is -0.462 e. The standard InChI is InChI=1S/C22H33F4N4O9PS/c1-10(2)37-15(32)12(5)28-40(41,29-13(6)16(33)38-11(3)4)36-9-21(18(23)24)17(34)22(25,26)19(39-21)30-8-7-14(31)27-20(30)35/h7-8,10-13,17-19,34H,9H2,1-6H3,(H,27,31,35)(H2,28,29,41). The smallest absolute Gasteiger partial charge is 0.330 e. The molecular weight excluding hydrogens is 603 g/mol. The van der Waals surface area contributed by atoms with Crippen molar-refractivity contribution in [3.8, 4) is 0 Å². The van der Waals surface area contributed by atoms with E-state index in [1.54, 1.807) is 32.7 Å². The van der Waals surface area contributed by atoms with Crippen LogP contribution in [-0.2, 0) is 40.1 Å². The first-order chi connectivity index (χ1) is 18.8. The van der Waals surface area contributed by atoms with E-state index in [1.807, 2.05) is 0 Å². The molecule has 5 unspecified atom stereocenters. The zero-order chi connectivity index (χ0) is 31.5. The highest BCUT2D eigenvalue weighted by Gasteiger charge is 2.71. The van der Waals surface area contributed by atoms with Gasteiger partial charge < -0.3 is 23.8 Å². The lowest BCUT2D eigenvalue weighted by atomic mass is 9.96. The number of rotatable bonds is 13. The van der Waals surface area contributed by atoms with Crippen LogP contribution >= 0.6 is 6.57 Å². The van der Waals surface area contributed by atoms with Gasteiger partial charge in [0.1, 0.15) is 12.1 Å². The summed E-state index contributed by atoms with van der Waals surface area (Å²) < 4.78 is 79.8.